The van der Waals surface area contributed by atoms with Crippen LogP contribution in [0.4, 0.5) is 0 Å². The Labute approximate surface area is 95.4 Å². The molecule has 4 heteroatoms. The molecule has 1 saturated heterocycles. The van der Waals surface area contributed by atoms with Crippen LogP contribution in [0.5, 0.6) is 0 Å². The van der Waals surface area contributed by atoms with Crippen LogP contribution in [-0.2, 0) is 15.5 Å². The van der Waals surface area contributed by atoms with Crippen LogP contribution < -0.4 is 5.32 Å². The van der Waals surface area contributed by atoms with Gasteiger partial charge in [-0.15, -0.1) is 0 Å². The van der Waals surface area contributed by atoms with Crippen molar-refractivity contribution in [1.82, 2.24) is 5.32 Å². The summed E-state index contributed by atoms with van der Waals surface area (Å²) in [5, 5.41) is 3.49. The number of hydrogen-bond acceptors (Lipinski definition) is 3. The first-order valence-corrected chi connectivity index (χ1v) is 7.23. The molecule has 1 rings (SSSR count). The van der Waals surface area contributed by atoms with Crippen molar-refractivity contribution in [2.75, 3.05) is 19.4 Å². The van der Waals surface area contributed by atoms with Crippen LogP contribution in [0, 0.1) is 0 Å². The largest absolute Gasteiger partial charge is 0.377 e. The molecule has 0 aliphatic carbocycles. The van der Waals surface area contributed by atoms with E-state index in [1.165, 1.54) is 0 Å². The number of hydrogen-bond donors (Lipinski definition) is 1. The van der Waals surface area contributed by atoms with Crippen molar-refractivity contribution in [2.24, 2.45) is 0 Å². The normalized spacial score (nSPS) is 30.3. The van der Waals surface area contributed by atoms with Gasteiger partial charge in [-0.05, 0) is 26.8 Å². The molecule has 90 valence electrons. The van der Waals surface area contributed by atoms with E-state index in [0.717, 1.165) is 31.6 Å². The molecule has 4 atom stereocenters. The maximum atomic E-state index is 12.1. The van der Waals surface area contributed by atoms with E-state index < -0.39 is 10.8 Å². The van der Waals surface area contributed by atoms with Gasteiger partial charge in [0, 0.05) is 29.2 Å². The fourth-order valence-electron chi connectivity index (χ4n) is 2.04. The zero-order chi connectivity index (χ0) is 11.3. The van der Waals surface area contributed by atoms with Crippen molar-refractivity contribution < 1.29 is 8.95 Å². The van der Waals surface area contributed by atoms with E-state index >= 15 is 0 Å². The van der Waals surface area contributed by atoms with Gasteiger partial charge in [-0.3, -0.25) is 4.21 Å². The molecule has 0 radical (unpaired) electrons. The number of nitrogens with one attached hydrogen (secondary N) is 1. The molecule has 0 spiro atoms. The second-order valence-corrected chi connectivity index (χ2v) is 5.93. The van der Waals surface area contributed by atoms with Crippen LogP contribution in [0.2, 0.25) is 0 Å². The molecule has 0 amide bonds. The standard InChI is InChI=1S/C11H23NO2S/c1-4-5-10(12-3)8-15(13)11-6-7-14-9(11)2/h9-12H,4-8H2,1-3H3. The quantitative estimate of drug-likeness (QED) is 0.751. The zero-order valence-electron chi connectivity index (χ0n) is 9.99. The fraction of sp³-hybridized carbons (Fsp3) is 1.00. The molecule has 1 aliphatic rings. The van der Waals surface area contributed by atoms with Crippen molar-refractivity contribution in [3.05, 3.63) is 0 Å². The highest BCUT2D eigenvalue weighted by Crippen LogP contribution is 2.19. The van der Waals surface area contributed by atoms with Crippen molar-refractivity contribution >= 4 is 10.8 Å². The summed E-state index contributed by atoms with van der Waals surface area (Å²) in [6.45, 7) is 4.97. The third-order valence-corrected chi connectivity index (χ3v) is 5.08. The van der Waals surface area contributed by atoms with Crippen LogP contribution in [0.25, 0.3) is 0 Å². The average molecular weight is 233 g/mol. The van der Waals surface area contributed by atoms with Gasteiger partial charge >= 0.3 is 0 Å². The van der Waals surface area contributed by atoms with E-state index in [-0.39, 0.29) is 11.4 Å². The Balaban J connectivity index is 2.39. The lowest BCUT2D eigenvalue weighted by atomic mass is 10.2. The summed E-state index contributed by atoms with van der Waals surface area (Å²) in [4.78, 5) is 0. The highest BCUT2D eigenvalue weighted by atomic mass is 32.2. The first kappa shape index (κ1) is 13.1. The summed E-state index contributed by atoms with van der Waals surface area (Å²) in [5.41, 5.74) is 0. The summed E-state index contributed by atoms with van der Waals surface area (Å²) in [6, 6.07) is 0.392. The molecule has 0 aromatic carbocycles. The second-order valence-electron chi connectivity index (χ2n) is 4.22. The van der Waals surface area contributed by atoms with Gasteiger partial charge < -0.3 is 10.1 Å². The summed E-state index contributed by atoms with van der Waals surface area (Å²) in [5.74, 6) is 0.767. The van der Waals surface area contributed by atoms with Crippen LogP contribution in [-0.4, -0.2) is 41.0 Å². The SMILES string of the molecule is CCCC(CS(=O)C1CCOC1C)NC. The third kappa shape index (κ3) is 3.85. The number of ether oxygens (including phenoxy) is 1. The van der Waals surface area contributed by atoms with E-state index in [1.54, 1.807) is 0 Å². The van der Waals surface area contributed by atoms with Crippen LogP contribution in [0.1, 0.15) is 33.1 Å². The minimum absolute atomic E-state index is 0.171. The van der Waals surface area contributed by atoms with Crippen molar-refractivity contribution in [1.29, 1.82) is 0 Å². The molecule has 15 heavy (non-hydrogen) atoms. The first-order valence-electron chi connectivity index (χ1n) is 5.85. The molecule has 1 N–H and O–H groups in total. The first-order chi connectivity index (χ1) is 7.19. The topological polar surface area (TPSA) is 38.3 Å². The Morgan fingerprint density at radius 2 is 2.33 bits per heavy atom. The van der Waals surface area contributed by atoms with Gasteiger partial charge in [0.2, 0.25) is 0 Å². The molecule has 0 aromatic heterocycles. The van der Waals surface area contributed by atoms with E-state index in [0.29, 0.717) is 6.04 Å². The minimum atomic E-state index is -0.744. The highest BCUT2D eigenvalue weighted by Gasteiger charge is 2.30. The molecule has 1 heterocycles. The Morgan fingerprint density at radius 3 is 2.80 bits per heavy atom. The molecule has 1 fully saturated rings. The van der Waals surface area contributed by atoms with Gasteiger partial charge in [-0.25, -0.2) is 0 Å². The Bertz CT molecular complexity index is 211. The molecule has 3 nitrogen and oxygen atoms in total. The molecule has 4 unspecified atom stereocenters. The Kier molecular flexibility index (Phi) is 5.79. The van der Waals surface area contributed by atoms with Crippen molar-refractivity contribution in [3.63, 3.8) is 0 Å². The maximum absolute atomic E-state index is 12.1. The molecule has 0 bridgehead atoms. The smallest absolute Gasteiger partial charge is 0.0691 e. The van der Waals surface area contributed by atoms with Gasteiger partial charge in [-0.1, -0.05) is 13.3 Å². The van der Waals surface area contributed by atoms with E-state index in [4.69, 9.17) is 4.74 Å². The van der Waals surface area contributed by atoms with Gasteiger partial charge in [0.1, 0.15) is 0 Å². The lowest BCUT2D eigenvalue weighted by molar-refractivity contribution is 0.127. The highest BCUT2D eigenvalue weighted by molar-refractivity contribution is 7.85. The van der Waals surface area contributed by atoms with Crippen molar-refractivity contribution in [2.45, 2.75) is 50.5 Å². The average Bonchev–Trinajstić information content (AvgIpc) is 2.63. The minimum Gasteiger partial charge on any atom is -0.377 e. The summed E-state index contributed by atoms with van der Waals surface area (Å²) < 4.78 is 17.5. The molecule has 0 saturated carbocycles. The molecular formula is C11H23NO2S. The third-order valence-electron chi connectivity index (χ3n) is 3.06. The van der Waals surface area contributed by atoms with Crippen LogP contribution in [0.15, 0.2) is 0 Å². The van der Waals surface area contributed by atoms with Crippen molar-refractivity contribution in [3.8, 4) is 0 Å². The van der Waals surface area contributed by atoms with Gasteiger partial charge in [0.05, 0.1) is 11.4 Å². The molecular weight excluding hydrogens is 210 g/mol. The Morgan fingerprint density at radius 1 is 1.60 bits per heavy atom. The predicted molar refractivity (Wildman–Crippen MR) is 64.6 cm³/mol. The lowest BCUT2D eigenvalue weighted by Crippen LogP contribution is -2.35. The van der Waals surface area contributed by atoms with Gasteiger partial charge in [0.15, 0.2) is 0 Å². The van der Waals surface area contributed by atoms with E-state index in [9.17, 15) is 4.21 Å². The zero-order valence-corrected chi connectivity index (χ0v) is 10.8. The summed E-state index contributed by atoms with van der Waals surface area (Å²) in [6.07, 6.45) is 3.37. The molecule has 1 aliphatic heterocycles. The summed E-state index contributed by atoms with van der Waals surface area (Å²) >= 11 is 0. The lowest BCUT2D eigenvalue weighted by Gasteiger charge is -2.19. The molecule has 0 aromatic rings. The summed E-state index contributed by atoms with van der Waals surface area (Å²) in [7, 11) is 1.21. The fourth-order valence-corrected chi connectivity index (χ4v) is 3.88. The van der Waals surface area contributed by atoms with Gasteiger partial charge in [-0.2, -0.15) is 0 Å². The van der Waals surface area contributed by atoms with Crippen LogP contribution >= 0.6 is 0 Å². The Hall–Kier alpha value is 0.0700. The van der Waals surface area contributed by atoms with Crippen LogP contribution in [0.3, 0.4) is 0 Å². The monoisotopic (exact) mass is 233 g/mol. The van der Waals surface area contributed by atoms with E-state index in [2.05, 4.69) is 12.2 Å². The maximum Gasteiger partial charge on any atom is 0.0691 e. The second kappa shape index (κ2) is 6.61. The van der Waals surface area contributed by atoms with E-state index in [1.807, 2.05) is 14.0 Å². The number of rotatable bonds is 6. The predicted octanol–water partition coefficient (Wildman–Crippen LogP) is 1.30. The van der Waals surface area contributed by atoms with Gasteiger partial charge in [0.25, 0.3) is 0 Å².